The molecule has 0 unspecified atom stereocenters. The first-order valence-electron chi connectivity index (χ1n) is 5.82. The van der Waals surface area contributed by atoms with E-state index in [2.05, 4.69) is 10.6 Å². The van der Waals surface area contributed by atoms with Crippen LogP contribution in [0, 0.1) is 0 Å². The predicted octanol–water partition coefficient (Wildman–Crippen LogP) is 0.920. The maximum Gasteiger partial charge on any atom is 0.407 e. The van der Waals surface area contributed by atoms with Gasteiger partial charge in [0, 0.05) is 6.54 Å². The van der Waals surface area contributed by atoms with Crippen LogP contribution in [0.3, 0.4) is 0 Å². The fourth-order valence-electron chi connectivity index (χ4n) is 1.23. The average Bonchev–Trinajstić information content (AvgIpc) is 2.19. The molecule has 0 aliphatic rings. The van der Waals surface area contributed by atoms with Crippen LogP contribution in [-0.4, -0.2) is 47.2 Å². The molecule has 0 fully saturated rings. The summed E-state index contributed by atoms with van der Waals surface area (Å²) in [5.74, 6) is 0. The first-order valence-corrected chi connectivity index (χ1v) is 5.82. The minimum atomic E-state index is -1.09. The molecule has 0 radical (unpaired) electrons. The molecule has 0 saturated heterocycles. The first kappa shape index (κ1) is 16.5. The van der Waals surface area contributed by atoms with Crippen molar-refractivity contribution in [1.29, 1.82) is 0 Å². The van der Waals surface area contributed by atoms with E-state index < -0.39 is 23.8 Å². The second-order valence-electron chi connectivity index (χ2n) is 4.90. The van der Waals surface area contributed by atoms with Crippen LogP contribution in [0.2, 0.25) is 0 Å². The van der Waals surface area contributed by atoms with Crippen LogP contribution in [0.5, 0.6) is 0 Å². The number of carbonyl (C=O) groups is 2. The Bertz CT molecular complexity index is 275. The highest BCUT2D eigenvalue weighted by Gasteiger charge is 2.18. The van der Waals surface area contributed by atoms with Crippen LogP contribution >= 0.6 is 0 Å². The molecule has 0 aromatic heterocycles. The summed E-state index contributed by atoms with van der Waals surface area (Å²) >= 11 is 0. The molecule has 0 bridgehead atoms. The largest absolute Gasteiger partial charge is 0.465 e. The highest BCUT2D eigenvalue weighted by atomic mass is 16.6. The number of hydrogen-bond donors (Lipinski definition) is 4. The summed E-state index contributed by atoms with van der Waals surface area (Å²) in [6.07, 6.45) is -0.688. The lowest BCUT2D eigenvalue weighted by Crippen LogP contribution is -2.41. The molecule has 0 aromatic rings. The molecule has 7 nitrogen and oxygen atoms in total. The van der Waals surface area contributed by atoms with Gasteiger partial charge in [-0.1, -0.05) is 0 Å². The Kier molecular flexibility index (Phi) is 7.11. The minimum Gasteiger partial charge on any atom is -0.465 e. The number of carboxylic acid groups (broad SMARTS) is 1. The van der Waals surface area contributed by atoms with E-state index >= 15 is 0 Å². The number of hydrogen-bond acceptors (Lipinski definition) is 4. The topological polar surface area (TPSA) is 108 Å². The molecule has 106 valence electrons. The quantitative estimate of drug-likeness (QED) is 0.532. The number of nitrogens with one attached hydrogen (secondary N) is 2. The van der Waals surface area contributed by atoms with E-state index in [0.29, 0.717) is 12.8 Å². The highest BCUT2D eigenvalue weighted by Crippen LogP contribution is 2.07. The molecule has 7 heteroatoms. The molecule has 18 heavy (non-hydrogen) atoms. The minimum absolute atomic E-state index is 0.216. The lowest BCUT2D eigenvalue weighted by Gasteiger charge is -2.22. The van der Waals surface area contributed by atoms with Gasteiger partial charge < -0.3 is 25.6 Å². The van der Waals surface area contributed by atoms with E-state index in [1.807, 2.05) is 0 Å². The number of aliphatic hydroxyl groups excluding tert-OH is 1. The van der Waals surface area contributed by atoms with Gasteiger partial charge in [0.05, 0.1) is 12.6 Å². The number of rotatable bonds is 6. The third-order valence-electron chi connectivity index (χ3n) is 1.95. The van der Waals surface area contributed by atoms with Crippen LogP contribution in [0.4, 0.5) is 9.59 Å². The Morgan fingerprint density at radius 2 is 1.94 bits per heavy atom. The zero-order valence-corrected chi connectivity index (χ0v) is 11.0. The average molecular weight is 262 g/mol. The monoisotopic (exact) mass is 262 g/mol. The van der Waals surface area contributed by atoms with Crippen molar-refractivity contribution in [2.24, 2.45) is 0 Å². The predicted molar refractivity (Wildman–Crippen MR) is 65.5 cm³/mol. The molecule has 1 atom stereocenters. The summed E-state index contributed by atoms with van der Waals surface area (Å²) in [4.78, 5) is 21.6. The molecule has 0 saturated carbocycles. The number of ether oxygens (including phenoxy) is 1. The fourth-order valence-corrected chi connectivity index (χ4v) is 1.23. The van der Waals surface area contributed by atoms with E-state index in [9.17, 15) is 9.59 Å². The molecule has 0 heterocycles. The molecular weight excluding hydrogens is 240 g/mol. The lowest BCUT2D eigenvalue weighted by atomic mass is 10.1. The Morgan fingerprint density at radius 3 is 2.39 bits per heavy atom. The Hall–Kier alpha value is -1.50. The fraction of sp³-hybridized carbons (Fsp3) is 0.818. The molecule has 0 spiro atoms. The SMILES string of the molecule is CC(C)(C)OC(=O)N[C@H](CO)CCCNC(=O)O. The van der Waals surface area contributed by atoms with Crippen LogP contribution < -0.4 is 10.6 Å². The van der Waals surface area contributed by atoms with Crippen LogP contribution in [0.15, 0.2) is 0 Å². The Morgan fingerprint density at radius 1 is 1.33 bits per heavy atom. The smallest absolute Gasteiger partial charge is 0.407 e. The molecule has 0 rings (SSSR count). The van der Waals surface area contributed by atoms with Crippen molar-refractivity contribution >= 4 is 12.2 Å². The molecular formula is C11H22N2O5. The van der Waals surface area contributed by atoms with E-state index in [1.165, 1.54) is 0 Å². The number of aliphatic hydroxyl groups is 1. The molecule has 0 aliphatic heterocycles. The van der Waals surface area contributed by atoms with Crippen molar-refractivity contribution in [3.05, 3.63) is 0 Å². The third kappa shape index (κ3) is 9.71. The van der Waals surface area contributed by atoms with Gasteiger partial charge in [0.25, 0.3) is 0 Å². The number of carbonyl (C=O) groups excluding carboxylic acids is 1. The van der Waals surface area contributed by atoms with Crippen LogP contribution in [-0.2, 0) is 4.74 Å². The molecule has 4 N–H and O–H groups in total. The third-order valence-corrected chi connectivity index (χ3v) is 1.95. The lowest BCUT2D eigenvalue weighted by molar-refractivity contribution is 0.0478. The van der Waals surface area contributed by atoms with E-state index in [0.717, 1.165) is 0 Å². The molecule has 2 amide bonds. The normalized spacial score (nSPS) is 12.7. The van der Waals surface area contributed by atoms with Crippen molar-refractivity contribution < 1.29 is 24.5 Å². The summed E-state index contributed by atoms with van der Waals surface area (Å²) in [6, 6.07) is -0.435. The zero-order chi connectivity index (χ0) is 14.2. The summed E-state index contributed by atoms with van der Waals surface area (Å²) in [6.45, 7) is 5.31. The second-order valence-corrected chi connectivity index (χ2v) is 4.90. The Labute approximate surface area is 107 Å². The van der Waals surface area contributed by atoms with Gasteiger partial charge >= 0.3 is 12.2 Å². The Balaban J connectivity index is 3.89. The van der Waals surface area contributed by atoms with Crippen molar-refractivity contribution in [3.63, 3.8) is 0 Å². The molecule has 0 aliphatic carbocycles. The van der Waals surface area contributed by atoms with Gasteiger partial charge in [0.1, 0.15) is 5.60 Å². The van der Waals surface area contributed by atoms with Gasteiger partial charge in [-0.15, -0.1) is 0 Å². The number of amides is 2. The zero-order valence-electron chi connectivity index (χ0n) is 11.0. The second kappa shape index (κ2) is 7.75. The van der Waals surface area contributed by atoms with E-state index in [-0.39, 0.29) is 13.2 Å². The van der Waals surface area contributed by atoms with Gasteiger partial charge in [-0.2, -0.15) is 0 Å². The highest BCUT2D eigenvalue weighted by molar-refractivity contribution is 5.68. The van der Waals surface area contributed by atoms with Gasteiger partial charge in [-0.25, -0.2) is 9.59 Å². The number of alkyl carbamates (subject to hydrolysis) is 1. The van der Waals surface area contributed by atoms with Gasteiger partial charge in [-0.05, 0) is 33.6 Å². The summed E-state index contributed by atoms with van der Waals surface area (Å²) in [7, 11) is 0. The first-order chi connectivity index (χ1) is 8.24. The van der Waals surface area contributed by atoms with Crippen molar-refractivity contribution in [2.75, 3.05) is 13.2 Å². The van der Waals surface area contributed by atoms with Crippen LogP contribution in [0.1, 0.15) is 33.6 Å². The summed E-state index contributed by atoms with van der Waals surface area (Å²) < 4.78 is 5.04. The van der Waals surface area contributed by atoms with Crippen molar-refractivity contribution in [3.8, 4) is 0 Å². The summed E-state index contributed by atoms with van der Waals surface area (Å²) in [5, 5.41) is 22.2. The molecule has 0 aromatic carbocycles. The van der Waals surface area contributed by atoms with Crippen molar-refractivity contribution in [2.45, 2.75) is 45.3 Å². The van der Waals surface area contributed by atoms with Gasteiger partial charge in [-0.3, -0.25) is 0 Å². The maximum absolute atomic E-state index is 11.4. The standard InChI is InChI=1S/C11H22N2O5/c1-11(2,3)18-10(17)13-8(7-14)5-4-6-12-9(15)16/h8,12,14H,4-7H2,1-3H3,(H,13,17)(H,15,16)/t8-/m0/s1. The van der Waals surface area contributed by atoms with Gasteiger partial charge in [0.2, 0.25) is 0 Å². The van der Waals surface area contributed by atoms with E-state index in [4.69, 9.17) is 14.9 Å². The van der Waals surface area contributed by atoms with Crippen LogP contribution in [0.25, 0.3) is 0 Å². The van der Waals surface area contributed by atoms with E-state index in [1.54, 1.807) is 20.8 Å². The maximum atomic E-state index is 11.4. The van der Waals surface area contributed by atoms with Gasteiger partial charge in [0.15, 0.2) is 0 Å². The van der Waals surface area contributed by atoms with Crippen molar-refractivity contribution in [1.82, 2.24) is 10.6 Å². The summed E-state index contributed by atoms with van der Waals surface area (Å²) in [5.41, 5.74) is -0.588.